The molecule has 3 aromatic rings. The zero-order valence-electron chi connectivity index (χ0n) is 17.0. The summed E-state index contributed by atoms with van der Waals surface area (Å²) >= 11 is 0. The Morgan fingerprint density at radius 1 is 0.800 bits per heavy atom. The zero-order valence-corrected chi connectivity index (χ0v) is 17.0. The highest BCUT2D eigenvalue weighted by Crippen LogP contribution is 2.25. The molecule has 0 aliphatic rings. The number of ketones is 1. The van der Waals surface area contributed by atoms with Crippen LogP contribution in [-0.4, -0.2) is 26.0 Å². The number of allylic oxidation sites excluding steroid dienone is 1. The topological polar surface area (TPSA) is 61.8 Å². The molecule has 30 heavy (non-hydrogen) atoms. The van der Waals surface area contributed by atoms with E-state index < -0.39 is 5.97 Å². The van der Waals surface area contributed by atoms with Gasteiger partial charge >= 0.3 is 5.97 Å². The quantitative estimate of drug-likeness (QED) is 0.237. The van der Waals surface area contributed by atoms with Gasteiger partial charge in [-0.3, -0.25) is 4.79 Å². The van der Waals surface area contributed by atoms with Crippen LogP contribution in [0.15, 0.2) is 72.8 Å². The highest BCUT2D eigenvalue weighted by Gasteiger charge is 2.12. The molecule has 3 aromatic carbocycles. The van der Waals surface area contributed by atoms with Gasteiger partial charge in [0, 0.05) is 0 Å². The summed E-state index contributed by atoms with van der Waals surface area (Å²) in [6.07, 6.45) is 3.15. The predicted molar refractivity (Wildman–Crippen MR) is 115 cm³/mol. The molecule has 0 saturated heterocycles. The second-order valence-corrected chi connectivity index (χ2v) is 6.54. The van der Waals surface area contributed by atoms with Crippen LogP contribution in [-0.2, 0) is 0 Å². The molecule has 0 N–H and O–H groups in total. The second-order valence-electron chi connectivity index (χ2n) is 6.54. The minimum absolute atomic E-state index is 0.208. The number of methoxy groups -OCH3 is 2. The molecule has 152 valence electrons. The van der Waals surface area contributed by atoms with E-state index in [1.54, 1.807) is 67.8 Å². The van der Waals surface area contributed by atoms with Crippen LogP contribution in [0.1, 0.15) is 31.8 Å². The van der Waals surface area contributed by atoms with Gasteiger partial charge < -0.3 is 14.2 Å². The Kier molecular flexibility index (Phi) is 6.65. The molecule has 0 aromatic heterocycles. The summed E-state index contributed by atoms with van der Waals surface area (Å²) in [5.74, 6) is 0.870. The summed E-state index contributed by atoms with van der Waals surface area (Å²) in [6, 6.07) is 19.2. The number of hydrogen-bond acceptors (Lipinski definition) is 5. The van der Waals surface area contributed by atoms with Crippen LogP contribution in [0, 0.1) is 6.92 Å². The van der Waals surface area contributed by atoms with Gasteiger partial charge in [0.25, 0.3) is 0 Å². The number of benzene rings is 3. The van der Waals surface area contributed by atoms with Crippen molar-refractivity contribution < 1.29 is 23.8 Å². The average molecular weight is 402 g/mol. The van der Waals surface area contributed by atoms with E-state index in [2.05, 4.69) is 0 Å². The fourth-order valence-corrected chi connectivity index (χ4v) is 2.88. The molecule has 0 radical (unpaired) electrons. The van der Waals surface area contributed by atoms with E-state index in [4.69, 9.17) is 14.2 Å². The van der Waals surface area contributed by atoms with E-state index >= 15 is 0 Å². The van der Waals surface area contributed by atoms with Gasteiger partial charge in [0.2, 0.25) is 0 Å². The minimum Gasteiger partial charge on any atom is -0.497 e. The Hall–Kier alpha value is -3.86. The molecule has 0 aliphatic carbocycles. The van der Waals surface area contributed by atoms with E-state index in [0.29, 0.717) is 28.4 Å². The molecule has 3 rings (SSSR count). The number of hydrogen-bond donors (Lipinski definition) is 0. The molecule has 0 amide bonds. The fourth-order valence-electron chi connectivity index (χ4n) is 2.88. The smallest absolute Gasteiger partial charge is 0.343 e. The zero-order chi connectivity index (χ0) is 21.5. The maximum Gasteiger partial charge on any atom is 0.343 e. The molecular weight excluding hydrogens is 380 g/mol. The SMILES string of the molecule is COc1ccc(OC)c(C(=O)C=Cc2ccc(OC(=O)c3ccccc3C)cc2)c1. The van der Waals surface area contributed by atoms with Crippen LogP contribution in [0.25, 0.3) is 6.08 Å². The van der Waals surface area contributed by atoms with Crippen molar-refractivity contribution in [2.45, 2.75) is 6.92 Å². The number of aryl methyl sites for hydroxylation is 1. The maximum atomic E-state index is 12.6. The third-order valence-electron chi connectivity index (χ3n) is 4.55. The molecule has 0 saturated carbocycles. The lowest BCUT2D eigenvalue weighted by molar-refractivity contribution is 0.0734. The summed E-state index contributed by atoms with van der Waals surface area (Å²) in [5, 5.41) is 0. The maximum absolute atomic E-state index is 12.6. The highest BCUT2D eigenvalue weighted by molar-refractivity contribution is 6.08. The third kappa shape index (κ3) is 4.94. The van der Waals surface area contributed by atoms with Gasteiger partial charge in [0.15, 0.2) is 5.78 Å². The van der Waals surface area contributed by atoms with E-state index in [1.165, 1.54) is 13.2 Å². The van der Waals surface area contributed by atoms with Gasteiger partial charge in [-0.1, -0.05) is 36.4 Å². The highest BCUT2D eigenvalue weighted by atomic mass is 16.5. The van der Waals surface area contributed by atoms with Crippen LogP contribution in [0.3, 0.4) is 0 Å². The number of esters is 1. The first kappa shape index (κ1) is 20.9. The minimum atomic E-state index is -0.406. The third-order valence-corrected chi connectivity index (χ3v) is 4.55. The lowest BCUT2D eigenvalue weighted by Crippen LogP contribution is -2.09. The van der Waals surface area contributed by atoms with Crippen LogP contribution in [0.2, 0.25) is 0 Å². The number of ether oxygens (including phenoxy) is 3. The molecule has 5 nitrogen and oxygen atoms in total. The lowest BCUT2D eigenvalue weighted by Gasteiger charge is -2.08. The van der Waals surface area contributed by atoms with Crippen LogP contribution in [0.5, 0.6) is 17.2 Å². The van der Waals surface area contributed by atoms with Gasteiger partial charge in [-0.05, 0) is 60.5 Å². The molecule has 0 unspecified atom stereocenters. The summed E-state index contributed by atoms with van der Waals surface area (Å²) in [7, 11) is 3.05. The Morgan fingerprint density at radius 3 is 2.17 bits per heavy atom. The number of carbonyl (C=O) groups excluding carboxylic acids is 2. The van der Waals surface area contributed by atoms with Crippen LogP contribution >= 0.6 is 0 Å². The van der Waals surface area contributed by atoms with Crippen molar-refractivity contribution in [3.8, 4) is 17.2 Å². The normalized spacial score (nSPS) is 10.6. The Bertz CT molecular complexity index is 1080. The summed E-state index contributed by atoms with van der Waals surface area (Å²) in [6.45, 7) is 1.86. The lowest BCUT2D eigenvalue weighted by atomic mass is 10.1. The molecule has 0 heterocycles. The molecule has 0 atom stereocenters. The van der Waals surface area contributed by atoms with Gasteiger partial charge in [-0.2, -0.15) is 0 Å². The first-order valence-electron chi connectivity index (χ1n) is 9.34. The average Bonchev–Trinajstić information content (AvgIpc) is 2.78. The molecule has 0 spiro atoms. The Morgan fingerprint density at radius 2 is 1.50 bits per heavy atom. The van der Waals surface area contributed by atoms with E-state index in [-0.39, 0.29) is 5.78 Å². The second kappa shape index (κ2) is 9.56. The molecule has 0 fully saturated rings. The van der Waals surface area contributed by atoms with Gasteiger partial charge in [0.05, 0.1) is 25.3 Å². The summed E-state index contributed by atoms with van der Waals surface area (Å²) in [4.78, 5) is 24.9. The van der Waals surface area contributed by atoms with Crippen molar-refractivity contribution in [1.82, 2.24) is 0 Å². The summed E-state index contributed by atoms with van der Waals surface area (Å²) in [5.41, 5.74) is 2.59. The van der Waals surface area contributed by atoms with E-state index in [1.807, 2.05) is 19.1 Å². The standard InChI is InChI=1S/C25H22O5/c1-17-6-4-5-7-21(17)25(27)30-19-11-8-18(9-12-19)10-14-23(26)22-16-20(28-2)13-15-24(22)29-3/h4-16H,1-3H3. The first-order chi connectivity index (χ1) is 14.5. The Balaban J connectivity index is 1.70. The van der Waals surface area contributed by atoms with Gasteiger partial charge in [-0.25, -0.2) is 4.79 Å². The van der Waals surface area contributed by atoms with Crippen LogP contribution in [0.4, 0.5) is 0 Å². The largest absolute Gasteiger partial charge is 0.497 e. The van der Waals surface area contributed by atoms with Crippen molar-refractivity contribution in [3.05, 3.63) is 95.1 Å². The van der Waals surface area contributed by atoms with E-state index in [9.17, 15) is 9.59 Å². The van der Waals surface area contributed by atoms with E-state index in [0.717, 1.165) is 11.1 Å². The first-order valence-corrected chi connectivity index (χ1v) is 9.34. The number of rotatable bonds is 7. The molecule has 0 aliphatic heterocycles. The fraction of sp³-hybridized carbons (Fsp3) is 0.120. The van der Waals surface area contributed by atoms with Crippen molar-refractivity contribution in [2.75, 3.05) is 14.2 Å². The van der Waals surface area contributed by atoms with Crippen molar-refractivity contribution in [3.63, 3.8) is 0 Å². The molecule has 5 heteroatoms. The summed E-state index contributed by atoms with van der Waals surface area (Å²) < 4.78 is 15.9. The molecular formula is C25H22O5. The monoisotopic (exact) mass is 402 g/mol. The van der Waals surface area contributed by atoms with Crippen molar-refractivity contribution in [1.29, 1.82) is 0 Å². The predicted octanol–water partition coefficient (Wildman–Crippen LogP) is 5.13. The Labute approximate surface area is 175 Å². The van der Waals surface area contributed by atoms with Gasteiger partial charge in [0.1, 0.15) is 17.2 Å². The van der Waals surface area contributed by atoms with Crippen molar-refractivity contribution >= 4 is 17.8 Å². The van der Waals surface area contributed by atoms with Crippen molar-refractivity contribution in [2.24, 2.45) is 0 Å². The van der Waals surface area contributed by atoms with Crippen LogP contribution < -0.4 is 14.2 Å². The van der Waals surface area contributed by atoms with Gasteiger partial charge in [-0.15, -0.1) is 0 Å². The molecule has 0 bridgehead atoms. The number of carbonyl (C=O) groups is 2.